The van der Waals surface area contributed by atoms with Crippen molar-refractivity contribution in [2.45, 2.75) is 32.4 Å². The molecule has 1 aliphatic carbocycles. The second-order valence-corrected chi connectivity index (χ2v) is 5.62. The molecule has 1 N–H and O–H groups in total. The maximum atomic E-state index is 4.61. The lowest BCUT2D eigenvalue weighted by Gasteiger charge is -2.19. The first kappa shape index (κ1) is 14.3. The first-order valence-corrected chi connectivity index (χ1v) is 7.91. The molecular weight excluding hydrogens is 260 g/mol. The van der Waals surface area contributed by atoms with Crippen molar-refractivity contribution < 1.29 is 0 Å². The lowest BCUT2D eigenvalue weighted by Crippen LogP contribution is -2.33. The van der Waals surface area contributed by atoms with Gasteiger partial charge in [-0.05, 0) is 37.6 Å². The molecule has 0 saturated heterocycles. The topological polar surface area (TPSA) is 33.1 Å². The van der Waals surface area contributed by atoms with Crippen LogP contribution in [0.4, 0.5) is 0 Å². The van der Waals surface area contributed by atoms with Crippen LogP contribution < -0.4 is 5.32 Å². The van der Waals surface area contributed by atoms with E-state index in [-0.39, 0.29) is 0 Å². The van der Waals surface area contributed by atoms with Crippen molar-refractivity contribution in [2.24, 2.45) is 0 Å². The normalized spacial score (nSPS) is 14.8. The first-order valence-electron chi connectivity index (χ1n) is 7.91. The van der Waals surface area contributed by atoms with Crippen LogP contribution in [0.2, 0.25) is 0 Å². The van der Waals surface area contributed by atoms with Gasteiger partial charge in [-0.1, -0.05) is 25.1 Å². The maximum Gasteiger partial charge on any atom is 0.0766 e. The van der Waals surface area contributed by atoms with Crippen LogP contribution in [0.3, 0.4) is 0 Å². The van der Waals surface area contributed by atoms with Crippen LogP contribution in [-0.4, -0.2) is 40.4 Å². The first-order chi connectivity index (χ1) is 10.4. The molecule has 2 aromatic rings. The van der Waals surface area contributed by atoms with Crippen LogP contribution in [0.1, 0.15) is 25.5 Å². The number of nitrogens with zero attached hydrogens (tertiary/aromatic N) is 3. The number of benzene rings is 1. The Morgan fingerprint density at radius 3 is 2.76 bits per heavy atom. The second-order valence-electron chi connectivity index (χ2n) is 5.62. The Morgan fingerprint density at radius 1 is 1.24 bits per heavy atom. The van der Waals surface area contributed by atoms with Crippen LogP contribution >= 0.6 is 0 Å². The maximum absolute atomic E-state index is 4.61. The lowest BCUT2D eigenvalue weighted by molar-refractivity contribution is 0.276. The molecule has 21 heavy (non-hydrogen) atoms. The van der Waals surface area contributed by atoms with Gasteiger partial charge in [0.05, 0.1) is 11.4 Å². The van der Waals surface area contributed by atoms with Crippen LogP contribution in [-0.2, 0) is 6.54 Å². The van der Waals surface area contributed by atoms with E-state index in [1.807, 2.05) is 29.1 Å². The molecule has 3 rings (SSSR count). The van der Waals surface area contributed by atoms with E-state index >= 15 is 0 Å². The van der Waals surface area contributed by atoms with Crippen molar-refractivity contribution in [3.63, 3.8) is 0 Å². The average molecular weight is 284 g/mol. The van der Waals surface area contributed by atoms with E-state index < -0.39 is 0 Å². The number of hydrogen-bond acceptors (Lipinski definition) is 3. The molecule has 1 saturated carbocycles. The van der Waals surface area contributed by atoms with Gasteiger partial charge in [0.15, 0.2) is 0 Å². The molecule has 0 radical (unpaired) electrons. The summed E-state index contributed by atoms with van der Waals surface area (Å²) in [6.07, 6.45) is 4.79. The van der Waals surface area contributed by atoms with Crippen LogP contribution in [0.25, 0.3) is 5.69 Å². The van der Waals surface area contributed by atoms with E-state index in [1.54, 1.807) is 0 Å². The summed E-state index contributed by atoms with van der Waals surface area (Å²) in [4.78, 5) is 2.57. The van der Waals surface area contributed by atoms with Gasteiger partial charge in [-0.2, -0.15) is 5.10 Å². The van der Waals surface area contributed by atoms with Crippen molar-refractivity contribution in [3.8, 4) is 5.69 Å². The Kier molecular flexibility index (Phi) is 4.68. The molecule has 0 spiro atoms. The van der Waals surface area contributed by atoms with Crippen molar-refractivity contribution in [1.82, 2.24) is 20.0 Å². The molecule has 0 bridgehead atoms. The predicted octanol–water partition coefficient (Wildman–Crippen LogP) is 2.45. The molecule has 1 heterocycles. The zero-order valence-electron chi connectivity index (χ0n) is 12.7. The molecule has 112 valence electrons. The Labute approximate surface area is 126 Å². The zero-order valence-corrected chi connectivity index (χ0v) is 12.7. The Hall–Kier alpha value is -1.65. The minimum Gasteiger partial charge on any atom is -0.310 e. The summed E-state index contributed by atoms with van der Waals surface area (Å²) >= 11 is 0. The molecule has 4 nitrogen and oxygen atoms in total. The second kappa shape index (κ2) is 6.87. The number of hydrogen-bond donors (Lipinski definition) is 1. The highest BCUT2D eigenvalue weighted by atomic mass is 15.3. The molecule has 1 aromatic carbocycles. The summed E-state index contributed by atoms with van der Waals surface area (Å²) in [5.41, 5.74) is 2.20. The third kappa shape index (κ3) is 3.93. The van der Waals surface area contributed by atoms with Gasteiger partial charge in [-0.25, -0.2) is 4.68 Å². The van der Waals surface area contributed by atoms with Gasteiger partial charge in [0.1, 0.15) is 0 Å². The van der Waals surface area contributed by atoms with Crippen molar-refractivity contribution in [2.75, 3.05) is 19.6 Å². The average Bonchev–Trinajstić information content (AvgIpc) is 3.26. The Morgan fingerprint density at radius 2 is 2.05 bits per heavy atom. The van der Waals surface area contributed by atoms with Gasteiger partial charge in [-0.15, -0.1) is 0 Å². The van der Waals surface area contributed by atoms with Gasteiger partial charge in [-0.3, -0.25) is 4.90 Å². The van der Waals surface area contributed by atoms with Crippen LogP contribution in [0.5, 0.6) is 0 Å². The van der Waals surface area contributed by atoms with Crippen LogP contribution in [0.15, 0.2) is 42.6 Å². The summed E-state index contributed by atoms with van der Waals surface area (Å²) in [6.45, 7) is 6.42. The summed E-state index contributed by atoms with van der Waals surface area (Å²) < 4.78 is 1.93. The number of para-hydroxylation sites is 1. The van der Waals surface area contributed by atoms with E-state index in [2.05, 4.69) is 40.4 Å². The molecule has 1 aliphatic rings. The van der Waals surface area contributed by atoms with Crippen molar-refractivity contribution in [1.29, 1.82) is 0 Å². The van der Waals surface area contributed by atoms with Crippen molar-refractivity contribution in [3.05, 3.63) is 48.3 Å². The van der Waals surface area contributed by atoms with Gasteiger partial charge < -0.3 is 5.32 Å². The third-order valence-corrected chi connectivity index (χ3v) is 4.02. The number of nitrogens with one attached hydrogen (secondary N) is 1. The number of likely N-dealkylation sites (N-methyl/N-ethyl adjacent to an activating group) is 1. The standard InChI is InChI=1S/C17H24N4/c1-2-20(16-8-9-16)13-11-18-14-15-10-12-21(19-15)17-6-4-3-5-7-17/h3-7,10,12,16,18H,2,8-9,11,13-14H2,1H3. The van der Waals surface area contributed by atoms with E-state index in [0.29, 0.717) is 0 Å². The third-order valence-electron chi connectivity index (χ3n) is 4.02. The largest absolute Gasteiger partial charge is 0.310 e. The van der Waals surface area contributed by atoms with Gasteiger partial charge >= 0.3 is 0 Å². The molecule has 0 amide bonds. The van der Waals surface area contributed by atoms with Gasteiger partial charge in [0.25, 0.3) is 0 Å². The van der Waals surface area contributed by atoms with E-state index in [0.717, 1.165) is 43.6 Å². The SMILES string of the molecule is CCN(CCNCc1ccn(-c2ccccc2)n1)C1CC1. The van der Waals surface area contributed by atoms with E-state index in [4.69, 9.17) is 0 Å². The fraction of sp³-hybridized carbons (Fsp3) is 0.471. The monoisotopic (exact) mass is 284 g/mol. The Balaban J connectivity index is 1.44. The van der Waals surface area contributed by atoms with Gasteiger partial charge in [0, 0.05) is 31.9 Å². The molecule has 0 aliphatic heterocycles. The smallest absolute Gasteiger partial charge is 0.0766 e. The van der Waals surface area contributed by atoms with Gasteiger partial charge in [0.2, 0.25) is 0 Å². The fourth-order valence-corrected chi connectivity index (χ4v) is 2.66. The van der Waals surface area contributed by atoms with Crippen LogP contribution in [0, 0.1) is 0 Å². The highest BCUT2D eigenvalue weighted by Crippen LogP contribution is 2.25. The Bertz CT molecular complexity index is 545. The highest BCUT2D eigenvalue weighted by molar-refractivity contribution is 5.30. The van der Waals surface area contributed by atoms with E-state index in [9.17, 15) is 0 Å². The molecule has 4 heteroatoms. The summed E-state index contributed by atoms with van der Waals surface area (Å²) in [5.74, 6) is 0. The lowest BCUT2D eigenvalue weighted by atomic mass is 10.3. The van der Waals surface area contributed by atoms with E-state index in [1.165, 1.54) is 12.8 Å². The number of rotatable bonds is 8. The summed E-state index contributed by atoms with van der Waals surface area (Å²) in [6, 6.07) is 13.2. The molecule has 0 unspecified atom stereocenters. The summed E-state index contributed by atoms with van der Waals surface area (Å²) in [7, 11) is 0. The molecule has 0 atom stereocenters. The molecular formula is C17H24N4. The molecule has 1 fully saturated rings. The summed E-state index contributed by atoms with van der Waals surface area (Å²) in [5, 5.41) is 8.10. The quantitative estimate of drug-likeness (QED) is 0.756. The zero-order chi connectivity index (χ0) is 14.5. The minimum atomic E-state index is 0.835. The minimum absolute atomic E-state index is 0.835. The predicted molar refractivity (Wildman–Crippen MR) is 85.5 cm³/mol. The number of aromatic nitrogens is 2. The van der Waals surface area contributed by atoms with Crippen molar-refractivity contribution >= 4 is 0 Å². The highest BCUT2D eigenvalue weighted by Gasteiger charge is 2.26. The molecule has 1 aromatic heterocycles. The fourth-order valence-electron chi connectivity index (χ4n) is 2.66.